The average Bonchev–Trinajstić information content (AvgIpc) is 3.41. The van der Waals surface area contributed by atoms with Gasteiger partial charge in [-0.2, -0.15) is 5.26 Å². The normalized spacial score (nSPS) is 19.5. The Hall–Kier alpha value is -4.11. The van der Waals surface area contributed by atoms with Crippen molar-refractivity contribution in [1.82, 2.24) is 0 Å². The molecule has 3 aromatic carbocycles. The van der Waals surface area contributed by atoms with Crippen LogP contribution in [0.25, 0.3) is 6.08 Å². The number of rotatable bonds is 6. The summed E-state index contributed by atoms with van der Waals surface area (Å²) in [5.74, 6) is 0.224. The molecule has 1 saturated carbocycles. The number of hydrogen-bond acceptors (Lipinski definition) is 5. The molecule has 0 spiro atoms. The second-order valence-electron chi connectivity index (χ2n) is 9.06. The molecule has 1 aliphatic carbocycles. The first-order valence-electron chi connectivity index (χ1n) is 12.1. The quantitative estimate of drug-likeness (QED) is 0.402. The number of benzene rings is 3. The molecule has 0 amide bonds. The van der Waals surface area contributed by atoms with E-state index < -0.39 is 17.8 Å². The van der Waals surface area contributed by atoms with Gasteiger partial charge in [0.1, 0.15) is 17.7 Å². The molecule has 2 unspecified atom stereocenters. The molecule has 1 fully saturated rings. The van der Waals surface area contributed by atoms with Crippen LogP contribution in [-0.4, -0.2) is 25.1 Å². The van der Waals surface area contributed by atoms with E-state index in [0.29, 0.717) is 22.6 Å². The van der Waals surface area contributed by atoms with Gasteiger partial charge in [0.2, 0.25) is 0 Å². The van der Waals surface area contributed by atoms with Gasteiger partial charge >= 0.3 is 0 Å². The Morgan fingerprint density at radius 2 is 1.86 bits per heavy atom. The van der Waals surface area contributed by atoms with Crippen LogP contribution in [0.4, 0.5) is 4.39 Å². The van der Waals surface area contributed by atoms with E-state index in [1.165, 1.54) is 18.2 Å². The SMILES string of the molecule is COc1cccc(/C=C/C2Oc3cc(F)ccc3C(=O)C2c2ccc(C#N)cc2)c1OC1CCCC1. The molecule has 1 aliphatic heterocycles. The summed E-state index contributed by atoms with van der Waals surface area (Å²) in [4.78, 5) is 13.6. The first-order chi connectivity index (χ1) is 17.6. The summed E-state index contributed by atoms with van der Waals surface area (Å²) in [6.07, 6.45) is 7.43. The number of nitrogens with zero attached hydrogens (tertiary/aromatic N) is 1. The number of carbonyl (C=O) groups excluding carboxylic acids is 1. The number of ether oxygens (including phenoxy) is 3. The smallest absolute Gasteiger partial charge is 0.178 e. The summed E-state index contributed by atoms with van der Waals surface area (Å²) in [5.41, 5.74) is 2.36. The lowest BCUT2D eigenvalue weighted by Crippen LogP contribution is -2.34. The Kier molecular flexibility index (Phi) is 6.73. The molecule has 0 aromatic heterocycles. The predicted molar refractivity (Wildman–Crippen MR) is 134 cm³/mol. The Morgan fingerprint density at radius 1 is 1.08 bits per heavy atom. The second kappa shape index (κ2) is 10.2. The van der Waals surface area contributed by atoms with E-state index in [9.17, 15) is 9.18 Å². The van der Waals surface area contributed by atoms with Gasteiger partial charge in [-0.25, -0.2) is 4.39 Å². The lowest BCUT2D eigenvalue weighted by atomic mass is 9.83. The number of para-hydroxylation sites is 1. The van der Waals surface area contributed by atoms with Crippen LogP contribution < -0.4 is 14.2 Å². The van der Waals surface area contributed by atoms with Crippen LogP contribution >= 0.6 is 0 Å². The Morgan fingerprint density at radius 3 is 2.58 bits per heavy atom. The van der Waals surface area contributed by atoms with Crippen LogP contribution in [0.5, 0.6) is 17.2 Å². The molecule has 6 heteroatoms. The van der Waals surface area contributed by atoms with Crippen molar-refractivity contribution in [3.63, 3.8) is 0 Å². The number of methoxy groups -OCH3 is 1. The fraction of sp³-hybridized carbons (Fsp3) is 0.267. The number of halogens is 1. The summed E-state index contributed by atoms with van der Waals surface area (Å²) in [5, 5.41) is 9.17. The maximum atomic E-state index is 14.0. The van der Waals surface area contributed by atoms with Crippen molar-refractivity contribution >= 4 is 11.9 Å². The van der Waals surface area contributed by atoms with Crippen molar-refractivity contribution < 1.29 is 23.4 Å². The Bertz CT molecular complexity index is 1340. The molecule has 36 heavy (non-hydrogen) atoms. The highest BCUT2D eigenvalue weighted by Gasteiger charge is 2.37. The second-order valence-corrected chi connectivity index (χ2v) is 9.06. The minimum absolute atomic E-state index is 0.141. The minimum atomic E-state index is -0.690. The first-order valence-corrected chi connectivity index (χ1v) is 12.1. The van der Waals surface area contributed by atoms with Crippen molar-refractivity contribution in [3.05, 3.63) is 94.8 Å². The maximum absolute atomic E-state index is 14.0. The van der Waals surface area contributed by atoms with Crippen LogP contribution in [-0.2, 0) is 0 Å². The fourth-order valence-corrected chi connectivity index (χ4v) is 4.91. The molecular formula is C30H26FNO4. The van der Waals surface area contributed by atoms with Crippen molar-refractivity contribution in [2.75, 3.05) is 7.11 Å². The summed E-state index contributed by atoms with van der Waals surface area (Å²) in [7, 11) is 1.61. The third-order valence-electron chi connectivity index (χ3n) is 6.76. The number of carbonyl (C=O) groups is 1. The number of hydrogen-bond donors (Lipinski definition) is 0. The van der Waals surface area contributed by atoms with Gasteiger partial charge in [-0.1, -0.05) is 30.3 Å². The summed E-state index contributed by atoms with van der Waals surface area (Å²) in [6.45, 7) is 0. The standard InChI is InChI=1S/C30H26FNO4/c1-34-26-8-4-5-21(30(26)35-23-6-2-3-7-23)13-16-25-28(20-11-9-19(18-32)10-12-20)29(33)24-15-14-22(31)17-27(24)36-25/h4-5,8-17,23,25,28H,2-3,6-7H2,1H3/b16-13+. The lowest BCUT2D eigenvalue weighted by molar-refractivity contribution is 0.0842. The topological polar surface area (TPSA) is 68.5 Å². The molecule has 182 valence electrons. The van der Waals surface area contributed by atoms with Gasteiger partial charge in [-0.3, -0.25) is 4.79 Å². The average molecular weight is 484 g/mol. The largest absolute Gasteiger partial charge is 0.493 e. The highest BCUT2D eigenvalue weighted by Crippen LogP contribution is 2.39. The minimum Gasteiger partial charge on any atom is -0.493 e. The van der Waals surface area contributed by atoms with Gasteiger partial charge in [-0.05, 0) is 67.7 Å². The molecule has 2 aliphatic rings. The third kappa shape index (κ3) is 4.70. The van der Waals surface area contributed by atoms with Gasteiger partial charge in [0, 0.05) is 11.6 Å². The lowest BCUT2D eigenvalue weighted by Gasteiger charge is -2.31. The Labute approximate surface area is 209 Å². The van der Waals surface area contributed by atoms with Crippen LogP contribution in [0.2, 0.25) is 0 Å². The summed E-state index contributed by atoms with van der Waals surface area (Å²) >= 11 is 0. The van der Waals surface area contributed by atoms with E-state index in [1.807, 2.05) is 30.4 Å². The van der Waals surface area contributed by atoms with E-state index in [4.69, 9.17) is 19.5 Å². The molecule has 5 rings (SSSR count). The fourth-order valence-electron chi connectivity index (χ4n) is 4.91. The van der Waals surface area contributed by atoms with Gasteiger partial charge in [0.05, 0.1) is 36.3 Å². The third-order valence-corrected chi connectivity index (χ3v) is 6.76. The molecule has 0 saturated heterocycles. The monoisotopic (exact) mass is 483 g/mol. The van der Waals surface area contributed by atoms with Crippen molar-refractivity contribution in [2.45, 2.75) is 43.8 Å². The highest BCUT2D eigenvalue weighted by atomic mass is 19.1. The summed E-state index contributed by atoms with van der Waals surface area (Å²) < 4.78 is 32.0. The number of Topliss-reactive ketones (excluding diaryl/α,β-unsaturated/α-hetero) is 1. The van der Waals surface area contributed by atoms with Crippen molar-refractivity contribution in [2.24, 2.45) is 0 Å². The molecule has 3 aromatic rings. The van der Waals surface area contributed by atoms with Gasteiger partial charge in [0.15, 0.2) is 17.3 Å². The molecule has 2 atom stereocenters. The van der Waals surface area contributed by atoms with E-state index >= 15 is 0 Å². The zero-order valence-electron chi connectivity index (χ0n) is 19.9. The summed E-state index contributed by atoms with van der Waals surface area (Å²) in [6, 6.07) is 18.6. The molecule has 1 heterocycles. The number of ketones is 1. The van der Waals surface area contributed by atoms with Crippen molar-refractivity contribution in [3.8, 4) is 23.3 Å². The molecule has 0 bridgehead atoms. The molecular weight excluding hydrogens is 457 g/mol. The van der Waals surface area contributed by atoms with Crippen LogP contribution in [0.3, 0.4) is 0 Å². The zero-order chi connectivity index (χ0) is 25.1. The van der Waals surface area contributed by atoms with Gasteiger partial charge in [0.25, 0.3) is 0 Å². The van der Waals surface area contributed by atoms with E-state index in [2.05, 4.69) is 6.07 Å². The molecule has 0 N–H and O–H groups in total. The van der Waals surface area contributed by atoms with Gasteiger partial charge < -0.3 is 14.2 Å². The van der Waals surface area contributed by atoms with E-state index in [0.717, 1.165) is 36.8 Å². The first kappa shape index (κ1) is 23.6. The van der Waals surface area contributed by atoms with Crippen LogP contribution in [0, 0.1) is 17.1 Å². The van der Waals surface area contributed by atoms with Crippen molar-refractivity contribution in [1.29, 1.82) is 5.26 Å². The zero-order valence-corrected chi connectivity index (χ0v) is 19.9. The Balaban J connectivity index is 1.53. The number of nitriles is 1. The predicted octanol–water partition coefficient (Wildman–Crippen LogP) is 6.47. The maximum Gasteiger partial charge on any atom is 0.178 e. The van der Waals surface area contributed by atoms with Crippen LogP contribution in [0.15, 0.2) is 66.7 Å². The highest BCUT2D eigenvalue weighted by molar-refractivity contribution is 6.05. The molecule has 5 nitrogen and oxygen atoms in total. The van der Waals surface area contributed by atoms with E-state index in [1.54, 1.807) is 31.4 Å². The van der Waals surface area contributed by atoms with Gasteiger partial charge in [-0.15, -0.1) is 0 Å². The number of fused-ring (bicyclic) bond motifs is 1. The van der Waals surface area contributed by atoms with Crippen LogP contribution in [0.1, 0.15) is 58.6 Å². The van der Waals surface area contributed by atoms with E-state index in [-0.39, 0.29) is 17.6 Å². The molecule has 0 radical (unpaired) electrons.